The molecule has 1 aromatic heterocycles. The number of rotatable bonds is 4. The van der Waals surface area contributed by atoms with E-state index < -0.39 is 0 Å². The molecule has 0 spiro atoms. The van der Waals surface area contributed by atoms with Crippen LogP contribution in [-0.2, 0) is 6.42 Å². The number of hydrogen-bond donors (Lipinski definition) is 1. The Morgan fingerprint density at radius 3 is 2.41 bits per heavy atom. The van der Waals surface area contributed by atoms with Gasteiger partial charge in [-0.25, -0.2) is 0 Å². The van der Waals surface area contributed by atoms with Gasteiger partial charge >= 0.3 is 0 Å². The van der Waals surface area contributed by atoms with Crippen LogP contribution in [-0.4, -0.2) is 14.1 Å². The van der Waals surface area contributed by atoms with Gasteiger partial charge in [0.15, 0.2) is 0 Å². The molecule has 1 heterocycles. The minimum absolute atomic E-state index is 0.0163. The number of nitrogens with zero attached hydrogens (tertiary/aromatic N) is 1. The zero-order chi connectivity index (χ0) is 12.3. The van der Waals surface area contributed by atoms with E-state index in [0.717, 1.165) is 17.7 Å². The first-order valence-corrected chi connectivity index (χ1v) is 5.72. The van der Waals surface area contributed by atoms with Crippen molar-refractivity contribution >= 4 is 5.69 Å². The molecule has 1 aromatic carbocycles. The van der Waals surface area contributed by atoms with Crippen LogP contribution in [0.1, 0.15) is 17.4 Å². The van der Waals surface area contributed by atoms with Gasteiger partial charge < -0.3 is 15.1 Å². The summed E-state index contributed by atoms with van der Waals surface area (Å²) in [5.74, 6) is 0.925. The van der Waals surface area contributed by atoms with Crippen LogP contribution in [0.15, 0.2) is 47.1 Å². The third-order valence-electron chi connectivity index (χ3n) is 2.84. The minimum Gasteiger partial charge on any atom is -0.469 e. The largest absolute Gasteiger partial charge is 0.469 e. The molecule has 0 amide bonds. The Kier molecular flexibility index (Phi) is 3.49. The van der Waals surface area contributed by atoms with Crippen molar-refractivity contribution in [1.29, 1.82) is 0 Å². The summed E-state index contributed by atoms with van der Waals surface area (Å²) < 4.78 is 5.30. The topological polar surface area (TPSA) is 42.4 Å². The van der Waals surface area contributed by atoms with Crippen LogP contribution in [0.4, 0.5) is 5.69 Å². The van der Waals surface area contributed by atoms with E-state index in [1.165, 1.54) is 5.69 Å². The van der Waals surface area contributed by atoms with Crippen molar-refractivity contribution in [3.05, 3.63) is 54.0 Å². The second-order valence-corrected chi connectivity index (χ2v) is 4.38. The third kappa shape index (κ3) is 2.88. The molecule has 3 heteroatoms. The van der Waals surface area contributed by atoms with Gasteiger partial charge in [-0.2, -0.15) is 0 Å². The average Bonchev–Trinajstić information content (AvgIpc) is 2.82. The maximum absolute atomic E-state index is 6.14. The zero-order valence-corrected chi connectivity index (χ0v) is 10.3. The summed E-state index contributed by atoms with van der Waals surface area (Å²) in [5, 5.41) is 0. The molecule has 0 bridgehead atoms. The molecule has 90 valence electrons. The lowest BCUT2D eigenvalue weighted by Gasteiger charge is -2.15. The first-order chi connectivity index (χ1) is 8.16. The summed E-state index contributed by atoms with van der Waals surface area (Å²) >= 11 is 0. The number of furan rings is 1. The second-order valence-electron chi connectivity index (χ2n) is 4.38. The van der Waals surface area contributed by atoms with E-state index in [1.807, 2.05) is 26.2 Å². The van der Waals surface area contributed by atoms with Crippen molar-refractivity contribution in [3.63, 3.8) is 0 Å². The van der Waals surface area contributed by atoms with E-state index in [1.54, 1.807) is 6.26 Å². The molecule has 0 saturated heterocycles. The molecule has 2 rings (SSSR count). The fourth-order valence-corrected chi connectivity index (χ4v) is 1.78. The molecule has 0 radical (unpaired) electrons. The maximum Gasteiger partial charge on any atom is 0.105 e. The quantitative estimate of drug-likeness (QED) is 0.877. The lowest BCUT2D eigenvalue weighted by molar-refractivity contribution is 0.488. The van der Waals surface area contributed by atoms with Gasteiger partial charge in [0.2, 0.25) is 0 Å². The fourth-order valence-electron chi connectivity index (χ4n) is 1.78. The Morgan fingerprint density at radius 1 is 1.18 bits per heavy atom. The highest BCUT2D eigenvalue weighted by Crippen LogP contribution is 2.19. The van der Waals surface area contributed by atoms with Crippen molar-refractivity contribution in [2.24, 2.45) is 5.73 Å². The van der Waals surface area contributed by atoms with Crippen LogP contribution >= 0.6 is 0 Å². The molecular formula is C14H18N2O. The normalized spacial score (nSPS) is 12.4. The molecule has 0 aliphatic carbocycles. The smallest absolute Gasteiger partial charge is 0.105 e. The predicted octanol–water partition coefficient (Wildman–Crippen LogP) is 2.59. The zero-order valence-electron chi connectivity index (χ0n) is 10.3. The molecular weight excluding hydrogens is 212 g/mol. The Morgan fingerprint density at radius 2 is 1.88 bits per heavy atom. The summed E-state index contributed by atoms with van der Waals surface area (Å²) in [6, 6.07) is 12.1. The molecule has 1 unspecified atom stereocenters. The molecule has 2 N–H and O–H groups in total. The van der Waals surface area contributed by atoms with Gasteiger partial charge in [0.25, 0.3) is 0 Å². The monoisotopic (exact) mass is 230 g/mol. The fraction of sp³-hybridized carbons (Fsp3) is 0.286. The van der Waals surface area contributed by atoms with Crippen LogP contribution < -0.4 is 10.6 Å². The van der Waals surface area contributed by atoms with Gasteiger partial charge in [-0.3, -0.25) is 0 Å². The highest BCUT2D eigenvalue weighted by atomic mass is 16.3. The summed E-state index contributed by atoms with van der Waals surface area (Å²) in [5.41, 5.74) is 8.45. The standard InChI is InChI=1S/C14H18N2O/c1-16(2)12-7-5-11(6-8-12)14(15)10-13-4-3-9-17-13/h3-9,14H,10,15H2,1-2H3. The summed E-state index contributed by atoms with van der Waals surface area (Å²) in [7, 11) is 4.05. The Bertz CT molecular complexity index is 446. The van der Waals surface area contributed by atoms with Crippen LogP contribution in [0.3, 0.4) is 0 Å². The van der Waals surface area contributed by atoms with Crippen LogP contribution in [0.5, 0.6) is 0 Å². The lowest BCUT2D eigenvalue weighted by atomic mass is 10.0. The van der Waals surface area contributed by atoms with E-state index in [0.29, 0.717) is 0 Å². The van der Waals surface area contributed by atoms with Gasteiger partial charge in [0.05, 0.1) is 6.26 Å². The number of nitrogens with two attached hydrogens (primary N) is 1. The Labute approximate surface area is 102 Å². The SMILES string of the molecule is CN(C)c1ccc(C(N)Cc2ccco2)cc1. The van der Waals surface area contributed by atoms with Crippen molar-refractivity contribution in [2.45, 2.75) is 12.5 Å². The molecule has 2 aromatic rings. The summed E-state index contributed by atoms with van der Waals surface area (Å²) in [4.78, 5) is 2.07. The number of anilines is 1. The van der Waals surface area contributed by atoms with Crippen LogP contribution in [0.2, 0.25) is 0 Å². The van der Waals surface area contributed by atoms with E-state index in [4.69, 9.17) is 10.2 Å². The van der Waals surface area contributed by atoms with Gasteiger partial charge in [0, 0.05) is 32.2 Å². The van der Waals surface area contributed by atoms with Crippen molar-refractivity contribution in [2.75, 3.05) is 19.0 Å². The van der Waals surface area contributed by atoms with E-state index in [9.17, 15) is 0 Å². The van der Waals surface area contributed by atoms with Gasteiger partial charge in [-0.15, -0.1) is 0 Å². The average molecular weight is 230 g/mol. The summed E-state index contributed by atoms with van der Waals surface area (Å²) in [6.45, 7) is 0. The Hall–Kier alpha value is -1.74. The maximum atomic E-state index is 6.14. The lowest BCUT2D eigenvalue weighted by Crippen LogP contribution is -2.14. The third-order valence-corrected chi connectivity index (χ3v) is 2.84. The van der Waals surface area contributed by atoms with Gasteiger partial charge in [-0.05, 0) is 29.8 Å². The molecule has 17 heavy (non-hydrogen) atoms. The second kappa shape index (κ2) is 5.06. The molecule has 3 nitrogen and oxygen atoms in total. The van der Waals surface area contributed by atoms with Crippen molar-refractivity contribution < 1.29 is 4.42 Å². The van der Waals surface area contributed by atoms with Crippen LogP contribution in [0, 0.1) is 0 Å². The van der Waals surface area contributed by atoms with Crippen molar-refractivity contribution in [3.8, 4) is 0 Å². The molecule has 0 aliphatic rings. The van der Waals surface area contributed by atoms with E-state index >= 15 is 0 Å². The van der Waals surface area contributed by atoms with Crippen molar-refractivity contribution in [1.82, 2.24) is 0 Å². The van der Waals surface area contributed by atoms with Gasteiger partial charge in [0.1, 0.15) is 5.76 Å². The minimum atomic E-state index is -0.0163. The van der Waals surface area contributed by atoms with E-state index in [2.05, 4.69) is 29.2 Å². The Balaban J connectivity index is 2.06. The summed E-state index contributed by atoms with van der Waals surface area (Å²) in [6.07, 6.45) is 2.41. The number of hydrogen-bond acceptors (Lipinski definition) is 3. The number of benzene rings is 1. The predicted molar refractivity (Wildman–Crippen MR) is 70.1 cm³/mol. The van der Waals surface area contributed by atoms with Gasteiger partial charge in [-0.1, -0.05) is 12.1 Å². The first kappa shape index (κ1) is 11.7. The molecule has 0 saturated carbocycles. The highest BCUT2D eigenvalue weighted by Gasteiger charge is 2.08. The highest BCUT2D eigenvalue weighted by molar-refractivity contribution is 5.46. The van der Waals surface area contributed by atoms with Crippen LogP contribution in [0.25, 0.3) is 0 Å². The molecule has 0 fully saturated rings. The molecule has 0 aliphatic heterocycles. The first-order valence-electron chi connectivity index (χ1n) is 5.72. The van der Waals surface area contributed by atoms with E-state index in [-0.39, 0.29) is 6.04 Å². The molecule has 1 atom stereocenters.